The van der Waals surface area contributed by atoms with Crippen LogP contribution in [0.3, 0.4) is 0 Å². The largest absolute Gasteiger partial charge is 0.370 e. The highest BCUT2D eigenvalue weighted by molar-refractivity contribution is 7.99. The van der Waals surface area contributed by atoms with Crippen molar-refractivity contribution in [1.82, 2.24) is 5.32 Å². The van der Waals surface area contributed by atoms with Crippen molar-refractivity contribution < 1.29 is 4.79 Å². The van der Waals surface area contributed by atoms with Crippen molar-refractivity contribution in [2.24, 2.45) is 5.73 Å². The van der Waals surface area contributed by atoms with Gasteiger partial charge in [-0.2, -0.15) is 0 Å². The molecular weight excluding hydrogens is 232 g/mol. The third-order valence-corrected chi connectivity index (χ3v) is 4.07. The Morgan fingerprint density at radius 2 is 2.29 bits per heavy atom. The summed E-state index contributed by atoms with van der Waals surface area (Å²) in [5.41, 5.74) is 6.51. The van der Waals surface area contributed by atoms with Crippen LogP contribution in [0, 0.1) is 0 Å². The van der Waals surface area contributed by atoms with Crippen LogP contribution in [0.4, 0.5) is 0 Å². The van der Waals surface area contributed by atoms with Gasteiger partial charge in [-0.1, -0.05) is 18.2 Å². The van der Waals surface area contributed by atoms with Gasteiger partial charge in [0.2, 0.25) is 5.91 Å². The van der Waals surface area contributed by atoms with Gasteiger partial charge >= 0.3 is 0 Å². The fraction of sp³-hybridized carbons (Fsp3) is 0.462. The molecule has 0 bridgehead atoms. The summed E-state index contributed by atoms with van der Waals surface area (Å²) in [4.78, 5) is 12.0. The second kappa shape index (κ2) is 6.07. The van der Waals surface area contributed by atoms with Gasteiger partial charge in [0.15, 0.2) is 0 Å². The zero-order chi connectivity index (χ0) is 12.1. The minimum absolute atomic E-state index is 0.216. The maximum atomic E-state index is 10.6. The van der Waals surface area contributed by atoms with Gasteiger partial charge in [-0.25, -0.2) is 0 Å². The van der Waals surface area contributed by atoms with E-state index in [2.05, 4.69) is 29.6 Å². The number of benzene rings is 1. The number of hydrogen-bond acceptors (Lipinski definition) is 3. The minimum atomic E-state index is -0.216. The molecule has 1 aliphatic rings. The summed E-state index contributed by atoms with van der Waals surface area (Å²) in [6.07, 6.45) is 2.44. The van der Waals surface area contributed by atoms with Gasteiger partial charge in [0.25, 0.3) is 0 Å². The Bertz CT molecular complexity index is 395. The predicted molar refractivity (Wildman–Crippen MR) is 71.0 cm³/mol. The number of hydrogen-bond donors (Lipinski definition) is 2. The Balaban J connectivity index is 1.88. The van der Waals surface area contributed by atoms with Gasteiger partial charge in [-0.05, 0) is 36.8 Å². The molecule has 0 fully saturated rings. The van der Waals surface area contributed by atoms with E-state index in [0.717, 1.165) is 25.1 Å². The average Bonchev–Trinajstić information content (AvgIpc) is 2.34. The molecule has 3 nitrogen and oxygen atoms in total. The Morgan fingerprint density at radius 3 is 3.12 bits per heavy atom. The van der Waals surface area contributed by atoms with Crippen LogP contribution in [0.1, 0.15) is 30.9 Å². The Labute approximate surface area is 106 Å². The van der Waals surface area contributed by atoms with Crippen LogP contribution in [-0.4, -0.2) is 18.2 Å². The summed E-state index contributed by atoms with van der Waals surface area (Å²) in [5.74, 6) is 0.941. The zero-order valence-corrected chi connectivity index (χ0v) is 10.6. The fourth-order valence-corrected chi connectivity index (χ4v) is 3.22. The van der Waals surface area contributed by atoms with E-state index in [0.29, 0.717) is 12.5 Å². The van der Waals surface area contributed by atoms with Crippen LogP contribution in [-0.2, 0) is 4.79 Å². The van der Waals surface area contributed by atoms with Gasteiger partial charge in [-0.15, -0.1) is 11.8 Å². The number of fused-ring (bicyclic) bond motifs is 1. The van der Waals surface area contributed by atoms with Crippen LogP contribution in [0.15, 0.2) is 29.2 Å². The summed E-state index contributed by atoms with van der Waals surface area (Å²) >= 11 is 1.92. The van der Waals surface area contributed by atoms with E-state index in [1.165, 1.54) is 10.5 Å². The van der Waals surface area contributed by atoms with Crippen molar-refractivity contribution in [2.75, 3.05) is 12.3 Å². The molecule has 0 spiro atoms. The van der Waals surface area contributed by atoms with Crippen molar-refractivity contribution in [3.05, 3.63) is 29.8 Å². The molecule has 0 saturated carbocycles. The van der Waals surface area contributed by atoms with E-state index in [1.807, 2.05) is 11.8 Å². The van der Waals surface area contributed by atoms with E-state index in [1.54, 1.807) is 0 Å². The first kappa shape index (κ1) is 12.5. The van der Waals surface area contributed by atoms with Crippen LogP contribution >= 0.6 is 11.8 Å². The van der Waals surface area contributed by atoms with Gasteiger partial charge in [0.05, 0.1) is 0 Å². The zero-order valence-electron chi connectivity index (χ0n) is 9.82. The molecule has 92 valence electrons. The SMILES string of the molecule is NC(=O)CCCNC1CCSc2ccccc21. The molecule has 17 heavy (non-hydrogen) atoms. The molecule has 0 radical (unpaired) electrons. The lowest BCUT2D eigenvalue weighted by Gasteiger charge is -2.25. The molecule has 2 rings (SSSR count). The van der Waals surface area contributed by atoms with E-state index < -0.39 is 0 Å². The highest BCUT2D eigenvalue weighted by atomic mass is 32.2. The second-order valence-electron chi connectivity index (χ2n) is 4.25. The number of carbonyl (C=O) groups excluding carboxylic acids is 1. The van der Waals surface area contributed by atoms with Crippen LogP contribution in [0.5, 0.6) is 0 Å². The van der Waals surface area contributed by atoms with E-state index in [-0.39, 0.29) is 5.91 Å². The monoisotopic (exact) mass is 250 g/mol. The Hall–Kier alpha value is -1.00. The molecule has 1 atom stereocenters. The molecule has 1 heterocycles. The molecule has 1 unspecified atom stereocenters. The first-order valence-corrected chi connectivity index (χ1v) is 6.99. The fourth-order valence-electron chi connectivity index (χ4n) is 2.09. The highest BCUT2D eigenvalue weighted by Crippen LogP contribution is 2.35. The van der Waals surface area contributed by atoms with Crippen LogP contribution in [0.25, 0.3) is 0 Å². The lowest BCUT2D eigenvalue weighted by Crippen LogP contribution is -2.26. The third-order valence-electron chi connectivity index (χ3n) is 2.95. The Kier molecular flexibility index (Phi) is 4.45. The van der Waals surface area contributed by atoms with Crippen molar-refractivity contribution in [3.63, 3.8) is 0 Å². The molecule has 1 aliphatic heterocycles. The van der Waals surface area contributed by atoms with Crippen molar-refractivity contribution in [1.29, 1.82) is 0 Å². The van der Waals surface area contributed by atoms with Crippen molar-refractivity contribution >= 4 is 17.7 Å². The molecule has 1 aromatic carbocycles. The number of primary amides is 1. The molecular formula is C13H18N2OS. The lowest BCUT2D eigenvalue weighted by atomic mass is 10.0. The number of nitrogens with one attached hydrogen (secondary N) is 1. The summed E-state index contributed by atoms with van der Waals surface area (Å²) in [5, 5.41) is 3.51. The smallest absolute Gasteiger partial charge is 0.217 e. The molecule has 0 saturated heterocycles. The van der Waals surface area contributed by atoms with E-state index in [4.69, 9.17) is 5.73 Å². The normalized spacial score (nSPS) is 18.7. The third kappa shape index (κ3) is 3.48. The summed E-state index contributed by atoms with van der Waals surface area (Å²) in [6, 6.07) is 8.97. The topological polar surface area (TPSA) is 55.1 Å². The molecule has 1 aromatic rings. The van der Waals surface area contributed by atoms with Gasteiger partial charge in [0.1, 0.15) is 0 Å². The highest BCUT2D eigenvalue weighted by Gasteiger charge is 2.19. The number of rotatable bonds is 5. The maximum absolute atomic E-state index is 10.6. The first-order valence-electron chi connectivity index (χ1n) is 6.01. The average molecular weight is 250 g/mol. The molecule has 4 heteroatoms. The standard InChI is InChI=1S/C13H18N2OS/c14-13(16)6-3-8-15-11-7-9-17-12-5-2-1-4-10(11)12/h1-2,4-5,11,15H,3,6-9H2,(H2,14,16). The lowest BCUT2D eigenvalue weighted by molar-refractivity contribution is -0.118. The number of amides is 1. The summed E-state index contributed by atoms with van der Waals surface area (Å²) in [6.45, 7) is 0.854. The van der Waals surface area contributed by atoms with Crippen molar-refractivity contribution in [2.45, 2.75) is 30.2 Å². The molecule has 3 N–H and O–H groups in total. The molecule has 1 amide bonds. The van der Waals surface area contributed by atoms with Gasteiger partial charge < -0.3 is 11.1 Å². The van der Waals surface area contributed by atoms with E-state index >= 15 is 0 Å². The van der Waals surface area contributed by atoms with Gasteiger partial charge in [0, 0.05) is 17.4 Å². The van der Waals surface area contributed by atoms with E-state index in [9.17, 15) is 4.79 Å². The maximum Gasteiger partial charge on any atom is 0.217 e. The number of carbonyl (C=O) groups is 1. The summed E-state index contributed by atoms with van der Waals surface area (Å²) < 4.78 is 0. The summed E-state index contributed by atoms with van der Waals surface area (Å²) in [7, 11) is 0. The van der Waals surface area contributed by atoms with Crippen molar-refractivity contribution in [3.8, 4) is 0 Å². The Morgan fingerprint density at radius 1 is 1.47 bits per heavy atom. The number of nitrogens with two attached hydrogens (primary N) is 1. The molecule has 0 aromatic heterocycles. The quantitative estimate of drug-likeness (QED) is 0.787. The molecule has 0 aliphatic carbocycles. The minimum Gasteiger partial charge on any atom is -0.370 e. The predicted octanol–water partition coefficient (Wildman–Crippen LogP) is 2.08. The second-order valence-corrected chi connectivity index (χ2v) is 5.39. The van der Waals surface area contributed by atoms with Gasteiger partial charge in [-0.3, -0.25) is 4.79 Å². The first-order chi connectivity index (χ1) is 8.27. The number of thioether (sulfide) groups is 1. The van der Waals surface area contributed by atoms with Crippen LogP contribution in [0.2, 0.25) is 0 Å². The van der Waals surface area contributed by atoms with Crippen LogP contribution < -0.4 is 11.1 Å².